The van der Waals surface area contributed by atoms with E-state index in [9.17, 15) is 4.79 Å². The first-order valence-corrected chi connectivity index (χ1v) is 3.52. The van der Waals surface area contributed by atoms with Crippen LogP contribution < -0.4 is 10.3 Å². The van der Waals surface area contributed by atoms with Crippen molar-refractivity contribution in [3.05, 3.63) is 29.4 Å². The minimum atomic E-state index is -0.433. The first-order chi connectivity index (χ1) is 5.59. The van der Waals surface area contributed by atoms with E-state index < -0.39 is 5.97 Å². The summed E-state index contributed by atoms with van der Waals surface area (Å²) in [4.78, 5) is 15.2. The van der Waals surface area contributed by atoms with Crippen molar-refractivity contribution >= 4 is 5.97 Å². The molecule has 1 aromatic heterocycles. The van der Waals surface area contributed by atoms with Gasteiger partial charge in [-0.05, 0) is 24.6 Å². The second-order valence-corrected chi connectivity index (χ2v) is 2.50. The molecule has 64 valence electrons. The molecule has 12 heavy (non-hydrogen) atoms. The monoisotopic (exact) mass is 166 g/mol. The average Bonchev–Trinajstić information content (AvgIpc) is 1.94. The zero-order chi connectivity index (χ0) is 9.14. The molecule has 1 aromatic rings. The third-order valence-electron chi connectivity index (χ3n) is 1.30. The van der Waals surface area contributed by atoms with Gasteiger partial charge in [-0.2, -0.15) is 4.73 Å². The molecule has 0 aromatic carbocycles. The summed E-state index contributed by atoms with van der Waals surface area (Å²) < 4.78 is 1.12. The van der Waals surface area contributed by atoms with E-state index in [1.807, 2.05) is 6.92 Å². The van der Waals surface area contributed by atoms with E-state index in [-0.39, 0.29) is 5.49 Å². The van der Waals surface area contributed by atoms with Gasteiger partial charge in [0.05, 0.1) is 0 Å². The summed E-state index contributed by atoms with van der Waals surface area (Å²) in [6.07, 6.45) is 1.54. The number of nitrogens with one attached hydrogen (secondary N) is 1. The number of pyridine rings is 1. The Hall–Kier alpha value is -1.58. The SMILES string of the molecule is CC(=O)On1ccc(C)cc1=N. The Morgan fingerprint density at radius 3 is 2.83 bits per heavy atom. The molecule has 4 heteroatoms. The smallest absolute Gasteiger partial charge is 0.329 e. The summed E-state index contributed by atoms with van der Waals surface area (Å²) in [5.74, 6) is -0.433. The van der Waals surface area contributed by atoms with Crippen molar-refractivity contribution in [3.63, 3.8) is 0 Å². The van der Waals surface area contributed by atoms with Crippen molar-refractivity contribution in [1.82, 2.24) is 4.73 Å². The second-order valence-electron chi connectivity index (χ2n) is 2.50. The number of carbonyl (C=O) groups is 1. The Morgan fingerprint density at radius 1 is 1.67 bits per heavy atom. The topological polar surface area (TPSA) is 55.1 Å². The van der Waals surface area contributed by atoms with Crippen molar-refractivity contribution in [2.45, 2.75) is 13.8 Å². The fraction of sp³-hybridized carbons (Fsp3) is 0.250. The fourth-order valence-electron chi connectivity index (χ4n) is 0.811. The quantitative estimate of drug-likeness (QED) is 0.650. The molecule has 0 aliphatic rings. The molecule has 0 spiro atoms. The van der Waals surface area contributed by atoms with Crippen LogP contribution in [-0.2, 0) is 4.79 Å². The molecule has 1 rings (SSSR count). The van der Waals surface area contributed by atoms with Crippen molar-refractivity contribution in [1.29, 1.82) is 5.41 Å². The predicted molar refractivity (Wildman–Crippen MR) is 42.3 cm³/mol. The highest BCUT2D eigenvalue weighted by molar-refractivity contribution is 5.66. The van der Waals surface area contributed by atoms with Crippen LogP contribution in [0.3, 0.4) is 0 Å². The van der Waals surface area contributed by atoms with E-state index in [0.717, 1.165) is 10.3 Å². The lowest BCUT2D eigenvalue weighted by atomic mass is 10.3. The largest absolute Gasteiger partial charge is 0.335 e. The Morgan fingerprint density at radius 2 is 2.33 bits per heavy atom. The Balaban J connectivity index is 3.02. The minimum absolute atomic E-state index is 0.158. The highest BCUT2D eigenvalue weighted by atomic mass is 16.7. The van der Waals surface area contributed by atoms with Crippen LogP contribution in [0.15, 0.2) is 18.3 Å². The number of carbonyl (C=O) groups excluding carboxylic acids is 1. The van der Waals surface area contributed by atoms with E-state index in [2.05, 4.69) is 0 Å². The average molecular weight is 166 g/mol. The van der Waals surface area contributed by atoms with Crippen LogP contribution >= 0.6 is 0 Å². The lowest BCUT2D eigenvalue weighted by molar-refractivity contribution is -0.142. The number of aromatic nitrogens is 1. The molecule has 4 nitrogen and oxygen atoms in total. The lowest BCUT2D eigenvalue weighted by Crippen LogP contribution is -2.28. The summed E-state index contributed by atoms with van der Waals surface area (Å²) in [7, 11) is 0. The summed E-state index contributed by atoms with van der Waals surface area (Å²) in [6, 6.07) is 3.38. The number of aryl methyl sites for hydroxylation is 1. The molecule has 0 saturated carbocycles. The van der Waals surface area contributed by atoms with Gasteiger partial charge in [-0.25, -0.2) is 4.79 Å². The summed E-state index contributed by atoms with van der Waals surface area (Å²) in [5.41, 5.74) is 1.12. The summed E-state index contributed by atoms with van der Waals surface area (Å²) in [5, 5.41) is 7.39. The lowest BCUT2D eigenvalue weighted by Gasteiger charge is -2.04. The Labute approximate surface area is 69.9 Å². The molecular weight excluding hydrogens is 156 g/mol. The van der Waals surface area contributed by atoms with E-state index in [1.54, 1.807) is 18.3 Å². The molecule has 0 radical (unpaired) electrons. The van der Waals surface area contributed by atoms with E-state index >= 15 is 0 Å². The van der Waals surface area contributed by atoms with Gasteiger partial charge in [0.1, 0.15) is 0 Å². The number of hydrogen-bond acceptors (Lipinski definition) is 3. The first-order valence-electron chi connectivity index (χ1n) is 3.52. The normalized spacial score (nSPS) is 9.50. The van der Waals surface area contributed by atoms with Gasteiger partial charge in [-0.3, -0.25) is 5.41 Å². The molecule has 0 fully saturated rings. The van der Waals surface area contributed by atoms with Gasteiger partial charge in [0, 0.05) is 13.1 Å². The molecule has 0 aliphatic heterocycles. The molecular formula is C8H10N2O2. The fourth-order valence-corrected chi connectivity index (χ4v) is 0.811. The predicted octanol–water partition coefficient (Wildman–Crippen LogP) is 0.251. The van der Waals surface area contributed by atoms with Gasteiger partial charge in [0.15, 0.2) is 5.49 Å². The van der Waals surface area contributed by atoms with Crippen molar-refractivity contribution in [3.8, 4) is 0 Å². The van der Waals surface area contributed by atoms with E-state index in [0.29, 0.717) is 0 Å². The zero-order valence-electron chi connectivity index (χ0n) is 7.00. The van der Waals surface area contributed by atoms with Gasteiger partial charge in [0.2, 0.25) is 0 Å². The van der Waals surface area contributed by atoms with Gasteiger partial charge < -0.3 is 4.84 Å². The molecule has 0 unspecified atom stereocenters. The van der Waals surface area contributed by atoms with Crippen LogP contribution in [0.4, 0.5) is 0 Å². The Bertz CT molecular complexity index is 354. The van der Waals surface area contributed by atoms with Crippen LogP contribution in [0.2, 0.25) is 0 Å². The van der Waals surface area contributed by atoms with Gasteiger partial charge in [-0.15, -0.1) is 0 Å². The van der Waals surface area contributed by atoms with Crippen LogP contribution in [0, 0.1) is 12.3 Å². The molecule has 0 saturated heterocycles. The Kier molecular flexibility index (Phi) is 2.28. The maximum Gasteiger partial charge on any atom is 0.329 e. The second kappa shape index (κ2) is 3.21. The number of rotatable bonds is 1. The number of hydrogen-bond donors (Lipinski definition) is 1. The van der Waals surface area contributed by atoms with Crippen molar-refractivity contribution < 1.29 is 9.63 Å². The van der Waals surface area contributed by atoms with Gasteiger partial charge >= 0.3 is 5.97 Å². The maximum absolute atomic E-state index is 10.5. The van der Waals surface area contributed by atoms with Crippen LogP contribution in [0.5, 0.6) is 0 Å². The standard InChI is InChI=1S/C8H10N2O2/c1-6-3-4-10(8(9)5-6)12-7(2)11/h3-5,9H,1-2H3. The maximum atomic E-state index is 10.5. The van der Waals surface area contributed by atoms with E-state index in [4.69, 9.17) is 10.2 Å². The summed E-state index contributed by atoms with van der Waals surface area (Å²) in [6.45, 7) is 3.17. The molecule has 1 N–H and O–H groups in total. The minimum Gasteiger partial charge on any atom is -0.335 e. The molecule has 0 aliphatic carbocycles. The number of nitrogens with zero attached hydrogens (tertiary/aromatic N) is 1. The third kappa shape index (κ3) is 1.95. The third-order valence-corrected chi connectivity index (χ3v) is 1.30. The van der Waals surface area contributed by atoms with Crippen LogP contribution in [0.25, 0.3) is 0 Å². The molecule has 1 heterocycles. The van der Waals surface area contributed by atoms with Crippen molar-refractivity contribution in [2.75, 3.05) is 0 Å². The summed E-state index contributed by atoms with van der Waals surface area (Å²) >= 11 is 0. The highest BCUT2D eigenvalue weighted by Crippen LogP contribution is 1.88. The van der Waals surface area contributed by atoms with Gasteiger partial charge in [0.25, 0.3) is 0 Å². The van der Waals surface area contributed by atoms with Gasteiger partial charge in [-0.1, -0.05) is 0 Å². The van der Waals surface area contributed by atoms with E-state index in [1.165, 1.54) is 6.92 Å². The van der Waals surface area contributed by atoms with Crippen molar-refractivity contribution in [2.24, 2.45) is 0 Å². The molecule has 0 atom stereocenters. The first kappa shape index (κ1) is 8.52. The zero-order valence-corrected chi connectivity index (χ0v) is 7.00. The molecule has 0 bridgehead atoms. The molecule has 0 amide bonds. The van der Waals surface area contributed by atoms with Crippen LogP contribution in [0.1, 0.15) is 12.5 Å². The van der Waals surface area contributed by atoms with Crippen LogP contribution in [-0.4, -0.2) is 10.7 Å². The highest BCUT2D eigenvalue weighted by Gasteiger charge is 1.95.